The first-order valence-corrected chi connectivity index (χ1v) is 6.90. The first-order valence-electron chi connectivity index (χ1n) is 6.90. The van der Waals surface area contributed by atoms with Crippen LogP contribution < -0.4 is 5.32 Å². The van der Waals surface area contributed by atoms with Gasteiger partial charge in [0.2, 0.25) is 5.91 Å². The van der Waals surface area contributed by atoms with Crippen molar-refractivity contribution >= 4 is 17.8 Å². The molecule has 1 saturated heterocycles. The van der Waals surface area contributed by atoms with E-state index in [4.69, 9.17) is 9.52 Å². The van der Waals surface area contributed by atoms with E-state index in [1.54, 1.807) is 17.0 Å². The highest BCUT2D eigenvalue weighted by atomic mass is 16.4. The topological polar surface area (TPSA) is 99.9 Å². The SMILES string of the molecule is O=C(NCCC(=O)N1CCCC(C(=O)O)C1)c1ccco1. The van der Waals surface area contributed by atoms with Crippen molar-refractivity contribution < 1.29 is 23.9 Å². The molecule has 1 aliphatic rings. The van der Waals surface area contributed by atoms with Gasteiger partial charge >= 0.3 is 5.97 Å². The van der Waals surface area contributed by atoms with Crippen LogP contribution in [0.1, 0.15) is 29.8 Å². The first-order chi connectivity index (χ1) is 10.1. The van der Waals surface area contributed by atoms with Gasteiger partial charge in [-0.2, -0.15) is 0 Å². The highest BCUT2D eigenvalue weighted by molar-refractivity contribution is 5.91. The Morgan fingerprint density at radius 3 is 2.90 bits per heavy atom. The summed E-state index contributed by atoms with van der Waals surface area (Å²) in [6, 6.07) is 3.15. The number of likely N-dealkylation sites (tertiary alicyclic amines) is 1. The summed E-state index contributed by atoms with van der Waals surface area (Å²) in [4.78, 5) is 36.1. The number of amides is 2. The number of hydrogen-bond acceptors (Lipinski definition) is 4. The fraction of sp³-hybridized carbons (Fsp3) is 0.500. The highest BCUT2D eigenvalue weighted by Crippen LogP contribution is 2.17. The Labute approximate surface area is 121 Å². The number of carboxylic acids is 1. The molecule has 2 amide bonds. The van der Waals surface area contributed by atoms with Crippen molar-refractivity contribution in [2.24, 2.45) is 5.92 Å². The summed E-state index contributed by atoms with van der Waals surface area (Å²) in [5.74, 6) is -1.65. The molecule has 0 bridgehead atoms. The summed E-state index contributed by atoms with van der Waals surface area (Å²) < 4.78 is 4.94. The number of carbonyl (C=O) groups is 3. The summed E-state index contributed by atoms with van der Waals surface area (Å²) >= 11 is 0. The van der Waals surface area contributed by atoms with Crippen molar-refractivity contribution in [2.75, 3.05) is 19.6 Å². The van der Waals surface area contributed by atoms with Crippen LogP contribution in [-0.2, 0) is 9.59 Å². The quantitative estimate of drug-likeness (QED) is 0.833. The second-order valence-electron chi connectivity index (χ2n) is 5.00. The maximum atomic E-state index is 12.0. The highest BCUT2D eigenvalue weighted by Gasteiger charge is 2.27. The lowest BCUT2D eigenvalue weighted by Crippen LogP contribution is -2.43. The number of hydrogen-bond donors (Lipinski definition) is 2. The molecule has 0 aromatic carbocycles. The van der Waals surface area contributed by atoms with Crippen molar-refractivity contribution in [1.29, 1.82) is 0 Å². The lowest BCUT2D eigenvalue weighted by molar-refractivity contribution is -0.145. The molecule has 1 aromatic heterocycles. The van der Waals surface area contributed by atoms with Crippen molar-refractivity contribution in [3.63, 3.8) is 0 Å². The zero-order valence-electron chi connectivity index (χ0n) is 11.6. The molecule has 1 unspecified atom stereocenters. The van der Waals surface area contributed by atoms with E-state index in [1.807, 2.05) is 0 Å². The molecule has 2 N–H and O–H groups in total. The van der Waals surface area contributed by atoms with Crippen LogP contribution in [0.4, 0.5) is 0 Å². The molecule has 1 fully saturated rings. The number of rotatable bonds is 5. The van der Waals surface area contributed by atoms with E-state index in [-0.39, 0.29) is 37.1 Å². The van der Waals surface area contributed by atoms with Crippen LogP contribution >= 0.6 is 0 Å². The Balaban J connectivity index is 1.74. The van der Waals surface area contributed by atoms with Gasteiger partial charge in [-0.05, 0) is 25.0 Å². The van der Waals surface area contributed by atoms with Crippen LogP contribution in [0.25, 0.3) is 0 Å². The van der Waals surface area contributed by atoms with Crippen molar-refractivity contribution in [1.82, 2.24) is 10.2 Å². The molecule has 2 heterocycles. The molecule has 1 aliphatic heterocycles. The molecule has 114 valence electrons. The van der Waals surface area contributed by atoms with Gasteiger partial charge in [-0.25, -0.2) is 0 Å². The van der Waals surface area contributed by atoms with E-state index in [1.165, 1.54) is 6.26 Å². The van der Waals surface area contributed by atoms with Crippen LogP contribution in [0.5, 0.6) is 0 Å². The molecule has 0 aliphatic carbocycles. The smallest absolute Gasteiger partial charge is 0.308 e. The number of carboxylic acid groups (broad SMARTS) is 1. The zero-order valence-corrected chi connectivity index (χ0v) is 11.6. The minimum Gasteiger partial charge on any atom is -0.481 e. The van der Waals surface area contributed by atoms with Crippen LogP contribution in [-0.4, -0.2) is 47.4 Å². The van der Waals surface area contributed by atoms with E-state index < -0.39 is 11.9 Å². The summed E-state index contributed by atoms with van der Waals surface area (Å²) in [5, 5.41) is 11.6. The third-order valence-corrected chi connectivity index (χ3v) is 3.49. The maximum absolute atomic E-state index is 12.0. The van der Waals surface area contributed by atoms with Gasteiger partial charge in [0.25, 0.3) is 5.91 Å². The van der Waals surface area contributed by atoms with Crippen LogP contribution in [0.15, 0.2) is 22.8 Å². The number of piperidine rings is 1. The van der Waals surface area contributed by atoms with E-state index in [0.717, 1.165) is 0 Å². The zero-order chi connectivity index (χ0) is 15.2. The first kappa shape index (κ1) is 15.1. The molecule has 7 nitrogen and oxygen atoms in total. The molecular formula is C14H18N2O5. The average molecular weight is 294 g/mol. The van der Waals surface area contributed by atoms with Crippen LogP contribution in [0.3, 0.4) is 0 Å². The van der Waals surface area contributed by atoms with Crippen molar-refractivity contribution in [3.8, 4) is 0 Å². The Bertz CT molecular complexity index is 511. The van der Waals surface area contributed by atoms with Gasteiger partial charge in [-0.15, -0.1) is 0 Å². The molecule has 7 heteroatoms. The monoisotopic (exact) mass is 294 g/mol. The predicted octanol–water partition coefficient (Wildman–Crippen LogP) is 0.723. The number of nitrogens with one attached hydrogen (secondary N) is 1. The predicted molar refractivity (Wildman–Crippen MR) is 72.6 cm³/mol. The Hall–Kier alpha value is -2.31. The molecule has 0 radical (unpaired) electrons. The van der Waals surface area contributed by atoms with E-state index in [9.17, 15) is 14.4 Å². The number of aliphatic carboxylic acids is 1. The van der Waals surface area contributed by atoms with E-state index in [2.05, 4.69) is 5.32 Å². The summed E-state index contributed by atoms with van der Waals surface area (Å²) in [6.07, 6.45) is 2.86. The lowest BCUT2D eigenvalue weighted by atomic mass is 9.98. The van der Waals surface area contributed by atoms with Gasteiger partial charge in [-0.1, -0.05) is 0 Å². The third-order valence-electron chi connectivity index (χ3n) is 3.49. The molecule has 0 spiro atoms. The second kappa shape index (κ2) is 6.92. The fourth-order valence-corrected chi connectivity index (χ4v) is 2.34. The Kier molecular flexibility index (Phi) is 4.97. The summed E-state index contributed by atoms with van der Waals surface area (Å²) in [6.45, 7) is 1.03. The van der Waals surface area contributed by atoms with Crippen LogP contribution in [0.2, 0.25) is 0 Å². The van der Waals surface area contributed by atoms with Crippen molar-refractivity contribution in [3.05, 3.63) is 24.2 Å². The van der Waals surface area contributed by atoms with Crippen LogP contribution in [0, 0.1) is 5.92 Å². The molecule has 2 rings (SSSR count). The second-order valence-corrected chi connectivity index (χ2v) is 5.00. The molecular weight excluding hydrogens is 276 g/mol. The molecule has 1 atom stereocenters. The maximum Gasteiger partial charge on any atom is 0.308 e. The van der Waals surface area contributed by atoms with Gasteiger partial charge in [-0.3, -0.25) is 14.4 Å². The molecule has 1 aromatic rings. The fourth-order valence-electron chi connectivity index (χ4n) is 2.34. The normalized spacial score (nSPS) is 18.3. The molecule has 21 heavy (non-hydrogen) atoms. The summed E-state index contributed by atoms with van der Waals surface area (Å²) in [7, 11) is 0. The third kappa shape index (κ3) is 4.08. The minimum absolute atomic E-state index is 0.138. The Morgan fingerprint density at radius 2 is 2.24 bits per heavy atom. The largest absolute Gasteiger partial charge is 0.481 e. The van der Waals surface area contributed by atoms with Gasteiger partial charge in [0.1, 0.15) is 0 Å². The van der Waals surface area contributed by atoms with Gasteiger partial charge in [0.15, 0.2) is 5.76 Å². The van der Waals surface area contributed by atoms with E-state index >= 15 is 0 Å². The summed E-state index contributed by atoms with van der Waals surface area (Å²) in [5.41, 5.74) is 0. The standard InChI is InChI=1S/C14H18N2O5/c17-12(16-7-1-3-10(9-16)14(19)20)5-6-15-13(18)11-4-2-8-21-11/h2,4,8,10H,1,3,5-7,9H2,(H,15,18)(H,19,20). The van der Waals surface area contributed by atoms with Gasteiger partial charge in [0.05, 0.1) is 12.2 Å². The van der Waals surface area contributed by atoms with Gasteiger partial charge in [0, 0.05) is 26.1 Å². The van der Waals surface area contributed by atoms with Crippen molar-refractivity contribution in [2.45, 2.75) is 19.3 Å². The minimum atomic E-state index is -0.862. The number of furan rings is 1. The average Bonchev–Trinajstić information content (AvgIpc) is 3.01. The lowest BCUT2D eigenvalue weighted by Gasteiger charge is -2.30. The Morgan fingerprint density at radius 1 is 1.43 bits per heavy atom. The van der Waals surface area contributed by atoms with Gasteiger partial charge < -0.3 is 19.7 Å². The number of nitrogens with zero attached hydrogens (tertiary/aromatic N) is 1. The molecule has 0 saturated carbocycles. The number of carbonyl (C=O) groups excluding carboxylic acids is 2. The van der Waals surface area contributed by atoms with E-state index in [0.29, 0.717) is 19.4 Å².